The number of ketones is 1. The topological polar surface area (TPSA) is 180 Å². The fraction of sp³-hybridized carbons (Fsp3) is 0.722. The van der Waals surface area contributed by atoms with E-state index in [0.717, 1.165) is 64.2 Å². The summed E-state index contributed by atoms with van der Waals surface area (Å²) in [7, 11) is 0. The van der Waals surface area contributed by atoms with Crippen LogP contribution in [0.5, 0.6) is 0 Å². The van der Waals surface area contributed by atoms with E-state index in [1.165, 1.54) is 18.6 Å². The van der Waals surface area contributed by atoms with Gasteiger partial charge < -0.3 is 26.2 Å². The number of rotatable bonds is 13. The van der Waals surface area contributed by atoms with Crippen molar-refractivity contribution in [3.05, 3.63) is 24.3 Å². The lowest BCUT2D eigenvalue weighted by Crippen LogP contribution is -2.62. The van der Waals surface area contributed by atoms with E-state index in [4.69, 9.17) is 0 Å². The summed E-state index contributed by atoms with van der Waals surface area (Å²) in [6, 6.07) is -3.68. The van der Waals surface area contributed by atoms with Crippen LogP contribution in [0.25, 0.3) is 0 Å². The summed E-state index contributed by atoms with van der Waals surface area (Å²) in [6.45, 7) is 7.85. The van der Waals surface area contributed by atoms with Gasteiger partial charge in [0.15, 0.2) is 0 Å². The number of nitrogens with one attached hydrogen (secondary N) is 4. The summed E-state index contributed by atoms with van der Waals surface area (Å²) >= 11 is 0. The molecular formula is C36H53N7O6. The van der Waals surface area contributed by atoms with Gasteiger partial charge in [-0.25, -0.2) is 4.98 Å². The van der Waals surface area contributed by atoms with Crippen molar-refractivity contribution < 1.29 is 28.8 Å². The minimum Gasteiger partial charge on any atom is -0.347 e. The van der Waals surface area contributed by atoms with Crippen molar-refractivity contribution in [2.45, 2.75) is 135 Å². The van der Waals surface area contributed by atoms with Gasteiger partial charge in [-0.15, -0.1) is 0 Å². The third-order valence-electron chi connectivity index (χ3n) is 10.7. The van der Waals surface area contributed by atoms with E-state index in [0.29, 0.717) is 19.4 Å². The molecule has 1 aliphatic heterocycles. The highest BCUT2D eigenvalue weighted by molar-refractivity contribution is 6.38. The number of aromatic nitrogens is 2. The van der Waals surface area contributed by atoms with Crippen LogP contribution in [0.1, 0.15) is 115 Å². The van der Waals surface area contributed by atoms with Crippen molar-refractivity contribution in [3.8, 4) is 0 Å². The van der Waals surface area contributed by atoms with Crippen LogP contribution in [0.15, 0.2) is 18.6 Å². The number of nitrogens with zero attached hydrogens (tertiary/aromatic N) is 3. The summed E-state index contributed by atoms with van der Waals surface area (Å²) in [5, 5.41) is 11.5. The van der Waals surface area contributed by atoms with Crippen molar-refractivity contribution in [1.82, 2.24) is 36.1 Å². The van der Waals surface area contributed by atoms with Crippen molar-refractivity contribution in [2.75, 3.05) is 6.54 Å². The van der Waals surface area contributed by atoms with Gasteiger partial charge in [-0.05, 0) is 68.1 Å². The van der Waals surface area contributed by atoms with E-state index >= 15 is 0 Å². The van der Waals surface area contributed by atoms with Crippen molar-refractivity contribution >= 4 is 35.3 Å². The summed E-state index contributed by atoms with van der Waals surface area (Å²) in [5.41, 5.74) is -0.638. The molecule has 0 aromatic carbocycles. The number of likely N-dealkylation sites (tertiary alicyclic amines) is 1. The number of carbonyl (C=O) groups excluding carboxylic acids is 6. The summed E-state index contributed by atoms with van der Waals surface area (Å²) in [4.78, 5) is 91.4. The molecule has 13 nitrogen and oxygen atoms in total. The van der Waals surface area contributed by atoms with Crippen molar-refractivity contribution in [2.24, 2.45) is 23.2 Å². The lowest BCUT2D eigenvalue weighted by molar-refractivity contribution is -0.146. The molecule has 0 bridgehead atoms. The Labute approximate surface area is 288 Å². The number of Topliss-reactive ketones (excluding diaryl/α,β-unsaturated/α-hetero) is 1. The highest BCUT2D eigenvalue weighted by atomic mass is 16.2. The molecule has 3 aliphatic carbocycles. The summed E-state index contributed by atoms with van der Waals surface area (Å²) in [6.07, 6.45) is 13.9. The van der Waals surface area contributed by atoms with Gasteiger partial charge in [0.1, 0.15) is 23.8 Å². The molecule has 2 heterocycles. The molecule has 3 saturated carbocycles. The first-order valence-corrected chi connectivity index (χ1v) is 18.2. The molecule has 4 N–H and O–H groups in total. The molecule has 49 heavy (non-hydrogen) atoms. The van der Waals surface area contributed by atoms with Crippen LogP contribution in [-0.2, 0) is 24.0 Å². The number of hydrogen-bond acceptors (Lipinski definition) is 8. The fourth-order valence-corrected chi connectivity index (χ4v) is 7.87. The lowest BCUT2D eigenvalue weighted by Gasteiger charge is -2.38. The van der Waals surface area contributed by atoms with Gasteiger partial charge in [-0.1, -0.05) is 59.8 Å². The highest BCUT2D eigenvalue weighted by Gasteiger charge is 2.52. The monoisotopic (exact) mass is 679 g/mol. The second-order valence-electron chi connectivity index (χ2n) is 15.5. The first kappa shape index (κ1) is 36.4. The zero-order chi connectivity index (χ0) is 35.3. The van der Waals surface area contributed by atoms with Gasteiger partial charge in [0, 0.05) is 25.0 Å². The molecule has 0 unspecified atom stereocenters. The maximum Gasteiger partial charge on any atom is 0.289 e. The maximum absolute atomic E-state index is 14.6. The Kier molecular flexibility index (Phi) is 11.7. The van der Waals surface area contributed by atoms with E-state index in [2.05, 4.69) is 31.2 Å². The smallest absolute Gasteiger partial charge is 0.289 e. The van der Waals surface area contributed by atoms with E-state index in [1.54, 1.807) is 4.90 Å². The molecule has 5 rings (SSSR count). The van der Waals surface area contributed by atoms with Crippen molar-refractivity contribution in [1.29, 1.82) is 0 Å². The second kappa shape index (κ2) is 15.8. The predicted molar refractivity (Wildman–Crippen MR) is 181 cm³/mol. The molecular weight excluding hydrogens is 626 g/mol. The van der Waals surface area contributed by atoms with Crippen LogP contribution >= 0.6 is 0 Å². The molecule has 6 atom stereocenters. The Morgan fingerprint density at radius 3 is 2.27 bits per heavy atom. The van der Waals surface area contributed by atoms with Gasteiger partial charge in [-0.3, -0.25) is 33.8 Å². The minimum atomic E-state index is -0.994. The molecule has 1 saturated heterocycles. The number of carbonyl (C=O) groups is 6. The predicted octanol–water partition coefficient (Wildman–Crippen LogP) is 2.45. The third kappa shape index (κ3) is 8.83. The Morgan fingerprint density at radius 1 is 0.898 bits per heavy atom. The summed E-state index contributed by atoms with van der Waals surface area (Å²) in [5.74, 6) is -3.20. The van der Waals surface area contributed by atoms with Crippen molar-refractivity contribution in [3.63, 3.8) is 0 Å². The molecule has 1 aromatic rings. The Hall–Kier alpha value is -3.90. The van der Waals surface area contributed by atoms with Crippen LogP contribution in [0.4, 0.5) is 0 Å². The molecule has 1 aromatic heterocycles. The molecule has 4 aliphatic rings. The Balaban J connectivity index is 1.36. The quantitative estimate of drug-likeness (QED) is 0.230. The Bertz CT molecular complexity index is 1390. The number of fused-ring (bicyclic) bond motifs is 1. The third-order valence-corrected chi connectivity index (χ3v) is 10.7. The van der Waals surface area contributed by atoms with Crippen LogP contribution < -0.4 is 21.3 Å². The van der Waals surface area contributed by atoms with Crippen LogP contribution in [0.3, 0.4) is 0 Å². The van der Waals surface area contributed by atoms with Gasteiger partial charge in [0.2, 0.25) is 23.5 Å². The molecule has 4 fully saturated rings. The van der Waals surface area contributed by atoms with Gasteiger partial charge >= 0.3 is 0 Å². The van der Waals surface area contributed by atoms with Crippen LogP contribution in [-0.4, -0.2) is 86.9 Å². The number of hydrogen-bond donors (Lipinski definition) is 4. The normalized spacial score (nSPS) is 24.2. The SMILES string of the molecule is CCC[C@H](NC(=O)[C@@H]1[C@H]2CCC[C@H]2CN1C(=O)[C@H](NC(=O)[C@@H](NC(=O)c1cnccn1)C1CCCCC1)C(C)(C)C)C(=O)C(=O)NC1CC1. The van der Waals surface area contributed by atoms with Gasteiger partial charge in [0.25, 0.3) is 11.8 Å². The first-order chi connectivity index (χ1) is 23.4. The number of amides is 5. The molecule has 5 amide bonds. The van der Waals surface area contributed by atoms with E-state index in [-0.39, 0.29) is 35.4 Å². The van der Waals surface area contributed by atoms with E-state index < -0.39 is 59.0 Å². The molecule has 13 heteroatoms. The van der Waals surface area contributed by atoms with Gasteiger partial charge in [-0.2, -0.15) is 0 Å². The highest BCUT2D eigenvalue weighted by Crippen LogP contribution is 2.43. The lowest BCUT2D eigenvalue weighted by atomic mass is 9.82. The van der Waals surface area contributed by atoms with E-state index in [9.17, 15) is 28.8 Å². The zero-order valence-corrected chi connectivity index (χ0v) is 29.3. The maximum atomic E-state index is 14.6. The molecule has 0 radical (unpaired) electrons. The average Bonchev–Trinajstić information content (AvgIpc) is 3.65. The summed E-state index contributed by atoms with van der Waals surface area (Å²) < 4.78 is 0. The van der Waals surface area contributed by atoms with Crippen LogP contribution in [0.2, 0.25) is 0 Å². The standard InChI is InChI=1S/C36H53N7O6/c1-5-10-25(29(44)34(48)39-23-15-16-23)40-33(47)28-24-14-9-13-22(24)20-43(28)35(49)30(36(2,3)4)42-32(46)27(21-11-7-6-8-12-21)41-31(45)26-19-37-17-18-38-26/h17-19,21-25,27-28,30H,5-16,20H2,1-4H3,(H,39,48)(H,40,47)(H,41,45)(H,42,46)/t22-,24-,25-,27-,28-,30-/m0/s1. The zero-order valence-electron chi connectivity index (χ0n) is 29.3. The average molecular weight is 680 g/mol. The first-order valence-electron chi connectivity index (χ1n) is 18.2. The fourth-order valence-electron chi connectivity index (χ4n) is 7.87. The molecule has 0 spiro atoms. The van der Waals surface area contributed by atoms with Gasteiger partial charge in [0.05, 0.1) is 12.2 Å². The Morgan fingerprint density at radius 2 is 1.63 bits per heavy atom. The van der Waals surface area contributed by atoms with E-state index in [1.807, 2.05) is 27.7 Å². The second-order valence-corrected chi connectivity index (χ2v) is 15.5. The largest absolute Gasteiger partial charge is 0.347 e. The van der Waals surface area contributed by atoms with Crippen LogP contribution in [0, 0.1) is 23.2 Å². The minimum absolute atomic E-state index is 0.0132. The molecule has 268 valence electrons.